The number of allylic oxidation sites excluding steroid dienone is 2. The molecule has 1 aromatic carbocycles. The quantitative estimate of drug-likeness (QED) is 0.766. The minimum Gasteiger partial charge on any atom is -0.223 e. The molecule has 0 N–H and O–H groups in total. The van der Waals surface area contributed by atoms with E-state index >= 15 is 0 Å². The third-order valence-electron chi connectivity index (χ3n) is 4.49. The second-order valence-electron chi connectivity index (χ2n) is 5.28. The predicted octanol–water partition coefficient (Wildman–Crippen LogP) is 2.98. The third kappa shape index (κ3) is 1.25. The van der Waals surface area contributed by atoms with Crippen molar-refractivity contribution in [3.8, 4) is 0 Å². The van der Waals surface area contributed by atoms with Crippen LogP contribution in [0.25, 0.3) is 0 Å². The normalized spacial score (nSPS) is 34.2. The second kappa shape index (κ2) is 3.58. The average Bonchev–Trinajstić information content (AvgIpc) is 2.94. The summed E-state index contributed by atoms with van der Waals surface area (Å²) in [6.45, 7) is 5.88. The summed E-state index contributed by atoms with van der Waals surface area (Å²) in [6, 6.07) is 8.70. The molecule has 18 heavy (non-hydrogen) atoms. The van der Waals surface area contributed by atoms with Crippen LogP contribution in [0.3, 0.4) is 0 Å². The SMILES string of the molecule is C=C1[C@H]2C=C[C@H](C2)[C@@]1(C)S(=O)(=O)c1ccccc1. The van der Waals surface area contributed by atoms with Gasteiger partial charge in [-0.15, -0.1) is 0 Å². The van der Waals surface area contributed by atoms with Crippen LogP contribution in [0.5, 0.6) is 0 Å². The van der Waals surface area contributed by atoms with E-state index in [0.29, 0.717) is 4.90 Å². The Labute approximate surface area is 108 Å². The maximum absolute atomic E-state index is 12.9. The molecule has 1 aromatic rings. The zero-order valence-corrected chi connectivity index (χ0v) is 11.2. The molecule has 0 heterocycles. The Kier molecular flexibility index (Phi) is 2.33. The molecule has 2 aliphatic carbocycles. The highest BCUT2D eigenvalue weighted by atomic mass is 32.2. The standard InChI is InChI=1S/C15H16O2S/c1-11-12-8-9-13(10-12)15(11,2)18(16,17)14-6-4-3-5-7-14/h3-9,12-13H,1,10H2,2H3/t12-,13+,15-/m0/s1. The van der Waals surface area contributed by atoms with Crippen molar-refractivity contribution in [3.05, 3.63) is 54.6 Å². The summed E-state index contributed by atoms with van der Waals surface area (Å²) in [4.78, 5) is 0.398. The summed E-state index contributed by atoms with van der Waals surface area (Å²) in [5, 5.41) is 0. The molecule has 1 fully saturated rings. The Bertz CT molecular complexity index is 628. The van der Waals surface area contributed by atoms with Gasteiger partial charge in [0.25, 0.3) is 0 Å². The summed E-state index contributed by atoms with van der Waals surface area (Å²) >= 11 is 0. The maximum Gasteiger partial charge on any atom is 0.188 e. The van der Waals surface area contributed by atoms with E-state index in [4.69, 9.17) is 0 Å². The van der Waals surface area contributed by atoms with Crippen LogP contribution >= 0.6 is 0 Å². The average molecular weight is 260 g/mol. The molecule has 94 valence electrons. The molecule has 2 bridgehead atoms. The first-order valence-electron chi connectivity index (χ1n) is 6.15. The molecule has 3 atom stereocenters. The number of sulfone groups is 1. The van der Waals surface area contributed by atoms with E-state index < -0.39 is 14.6 Å². The second-order valence-corrected chi connectivity index (χ2v) is 7.61. The van der Waals surface area contributed by atoms with Crippen molar-refractivity contribution < 1.29 is 8.42 Å². The molecular weight excluding hydrogens is 244 g/mol. The zero-order valence-electron chi connectivity index (χ0n) is 10.3. The number of fused-ring (bicyclic) bond motifs is 2. The molecule has 0 unspecified atom stereocenters. The van der Waals surface area contributed by atoms with Crippen LogP contribution in [0.4, 0.5) is 0 Å². The van der Waals surface area contributed by atoms with Crippen LogP contribution in [0.2, 0.25) is 0 Å². The van der Waals surface area contributed by atoms with Crippen molar-refractivity contribution in [1.29, 1.82) is 0 Å². The van der Waals surface area contributed by atoms with Crippen LogP contribution in [0.15, 0.2) is 59.5 Å². The van der Waals surface area contributed by atoms with Crippen molar-refractivity contribution in [2.45, 2.75) is 23.0 Å². The van der Waals surface area contributed by atoms with Crippen molar-refractivity contribution in [1.82, 2.24) is 0 Å². The van der Waals surface area contributed by atoms with E-state index in [0.717, 1.165) is 12.0 Å². The van der Waals surface area contributed by atoms with Gasteiger partial charge in [-0.1, -0.05) is 36.9 Å². The summed E-state index contributed by atoms with van der Waals surface area (Å²) in [7, 11) is -3.37. The van der Waals surface area contributed by atoms with E-state index in [1.54, 1.807) is 24.3 Å². The molecule has 2 nitrogen and oxygen atoms in total. The lowest BCUT2D eigenvalue weighted by Gasteiger charge is -2.33. The molecule has 0 aromatic heterocycles. The summed E-state index contributed by atoms with van der Waals surface area (Å²) in [5.74, 6) is 0.304. The summed E-state index contributed by atoms with van der Waals surface area (Å²) in [6.07, 6.45) is 5.02. The van der Waals surface area contributed by atoms with Gasteiger partial charge in [-0.05, 0) is 37.0 Å². The van der Waals surface area contributed by atoms with Gasteiger partial charge in [0, 0.05) is 5.92 Å². The summed E-state index contributed by atoms with van der Waals surface area (Å²) < 4.78 is 24.9. The largest absolute Gasteiger partial charge is 0.223 e. The number of hydrogen-bond acceptors (Lipinski definition) is 2. The minimum absolute atomic E-state index is 0.0696. The molecule has 3 heteroatoms. The van der Waals surface area contributed by atoms with Crippen molar-refractivity contribution in [2.24, 2.45) is 11.8 Å². The molecule has 0 spiro atoms. The van der Waals surface area contributed by atoms with Crippen LogP contribution < -0.4 is 0 Å². The van der Waals surface area contributed by atoms with Crippen LogP contribution in [-0.4, -0.2) is 13.2 Å². The van der Waals surface area contributed by atoms with Gasteiger partial charge in [-0.2, -0.15) is 0 Å². The third-order valence-corrected chi connectivity index (χ3v) is 7.06. The van der Waals surface area contributed by atoms with Gasteiger partial charge < -0.3 is 0 Å². The fourth-order valence-electron chi connectivity index (χ4n) is 3.19. The predicted molar refractivity (Wildman–Crippen MR) is 71.9 cm³/mol. The molecule has 1 saturated carbocycles. The molecule has 0 saturated heterocycles. The highest BCUT2D eigenvalue weighted by Gasteiger charge is 2.56. The van der Waals surface area contributed by atoms with Gasteiger partial charge in [0.05, 0.1) is 4.90 Å². The van der Waals surface area contributed by atoms with Crippen LogP contribution in [0, 0.1) is 11.8 Å². The monoisotopic (exact) mass is 260 g/mol. The van der Waals surface area contributed by atoms with E-state index in [1.807, 2.05) is 19.1 Å². The van der Waals surface area contributed by atoms with E-state index in [-0.39, 0.29) is 11.8 Å². The molecular formula is C15H16O2S. The van der Waals surface area contributed by atoms with Crippen LogP contribution in [0.1, 0.15) is 13.3 Å². The van der Waals surface area contributed by atoms with Gasteiger partial charge >= 0.3 is 0 Å². The Hall–Kier alpha value is -1.35. The lowest BCUT2D eigenvalue weighted by Crippen LogP contribution is -2.41. The van der Waals surface area contributed by atoms with Crippen LogP contribution in [-0.2, 0) is 9.84 Å². The fourth-order valence-corrected chi connectivity index (χ4v) is 5.26. The maximum atomic E-state index is 12.9. The molecule has 0 radical (unpaired) electrons. The molecule has 3 rings (SSSR count). The Morgan fingerprint density at radius 3 is 2.44 bits per heavy atom. The van der Waals surface area contributed by atoms with Crippen molar-refractivity contribution in [2.75, 3.05) is 0 Å². The first-order chi connectivity index (χ1) is 8.48. The van der Waals surface area contributed by atoms with E-state index in [1.165, 1.54) is 0 Å². The van der Waals surface area contributed by atoms with Gasteiger partial charge in [-0.25, -0.2) is 8.42 Å². The zero-order chi connectivity index (χ0) is 13.0. The van der Waals surface area contributed by atoms with Crippen molar-refractivity contribution in [3.63, 3.8) is 0 Å². The van der Waals surface area contributed by atoms with E-state index in [9.17, 15) is 8.42 Å². The highest BCUT2D eigenvalue weighted by molar-refractivity contribution is 7.93. The summed E-state index contributed by atoms with van der Waals surface area (Å²) in [5.41, 5.74) is 0.846. The Balaban J connectivity index is 2.16. The number of benzene rings is 1. The highest BCUT2D eigenvalue weighted by Crippen LogP contribution is 2.54. The topological polar surface area (TPSA) is 34.1 Å². The number of rotatable bonds is 2. The lowest BCUT2D eigenvalue weighted by molar-refractivity contribution is 0.517. The van der Waals surface area contributed by atoms with Gasteiger partial charge in [0.2, 0.25) is 0 Å². The van der Waals surface area contributed by atoms with Gasteiger partial charge in [0.1, 0.15) is 4.75 Å². The lowest BCUT2D eigenvalue weighted by atomic mass is 9.90. The Morgan fingerprint density at radius 2 is 1.89 bits per heavy atom. The molecule has 0 aliphatic heterocycles. The fraction of sp³-hybridized carbons (Fsp3) is 0.333. The van der Waals surface area contributed by atoms with E-state index in [2.05, 4.69) is 12.7 Å². The van der Waals surface area contributed by atoms with Gasteiger partial charge in [-0.3, -0.25) is 0 Å². The first-order valence-corrected chi connectivity index (χ1v) is 7.63. The number of hydrogen-bond donors (Lipinski definition) is 0. The first kappa shape index (κ1) is 11.7. The Morgan fingerprint density at radius 1 is 1.22 bits per heavy atom. The van der Waals surface area contributed by atoms with Crippen molar-refractivity contribution >= 4 is 9.84 Å². The van der Waals surface area contributed by atoms with Gasteiger partial charge in [0.15, 0.2) is 9.84 Å². The minimum atomic E-state index is -3.37. The molecule has 2 aliphatic rings. The smallest absolute Gasteiger partial charge is 0.188 e. The molecule has 0 amide bonds.